The fourth-order valence-corrected chi connectivity index (χ4v) is 2.77. The zero-order valence-electron chi connectivity index (χ0n) is 10.1. The van der Waals surface area contributed by atoms with Crippen LogP contribution in [0.25, 0.3) is 0 Å². The highest BCUT2D eigenvalue weighted by Crippen LogP contribution is 2.28. The molecule has 0 fully saturated rings. The van der Waals surface area contributed by atoms with Crippen LogP contribution >= 0.6 is 23.2 Å². The first-order valence-corrected chi connectivity index (χ1v) is 7.93. The molecular weight excluding hydrogens is 279 g/mol. The summed E-state index contributed by atoms with van der Waals surface area (Å²) in [4.78, 5) is 0. The summed E-state index contributed by atoms with van der Waals surface area (Å²) in [5.41, 5.74) is 0.939. The molecule has 0 amide bonds. The Balaban J connectivity index is 2.90. The molecule has 0 N–H and O–H groups in total. The van der Waals surface area contributed by atoms with Gasteiger partial charge in [0.05, 0.1) is 10.1 Å². The highest BCUT2D eigenvalue weighted by atomic mass is 35.5. The summed E-state index contributed by atoms with van der Waals surface area (Å²) in [7, 11) is -3.20. The second-order valence-corrected chi connectivity index (χ2v) is 8.24. The molecule has 1 atom stereocenters. The van der Waals surface area contributed by atoms with Crippen molar-refractivity contribution in [3.8, 4) is 0 Å². The van der Waals surface area contributed by atoms with Gasteiger partial charge in [0.1, 0.15) is 0 Å². The van der Waals surface area contributed by atoms with E-state index in [4.69, 9.17) is 23.2 Å². The molecule has 17 heavy (non-hydrogen) atoms. The molecule has 96 valence electrons. The van der Waals surface area contributed by atoms with Gasteiger partial charge in [-0.25, -0.2) is 8.42 Å². The van der Waals surface area contributed by atoms with E-state index in [2.05, 4.69) is 0 Å². The Labute approximate surface area is 113 Å². The molecule has 1 rings (SSSR count). The molecule has 1 aromatic rings. The molecule has 1 unspecified atom stereocenters. The molecule has 0 saturated carbocycles. The lowest BCUT2D eigenvalue weighted by Crippen LogP contribution is -2.41. The minimum atomic E-state index is -3.20. The Morgan fingerprint density at radius 1 is 1.35 bits per heavy atom. The van der Waals surface area contributed by atoms with Gasteiger partial charge in [0, 0.05) is 11.3 Å². The van der Waals surface area contributed by atoms with Crippen molar-refractivity contribution in [3.63, 3.8) is 0 Å². The third kappa shape index (κ3) is 3.60. The van der Waals surface area contributed by atoms with Gasteiger partial charge in [-0.2, -0.15) is 0 Å². The van der Waals surface area contributed by atoms with Crippen molar-refractivity contribution in [2.24, 2.45) is 0 Å². The first-order chi connectivity index (χ1) is 7.64. The van der Waals surface area contributed by atoms with Crippen LogP contribution in [-0.4, -0.2) is 24.8 Å². The van der Waals surface area contributed by atoms with Crippen LogP contribution in [-0.2, 0) is 16.3 Å². The number of rotatable bonds is 4. The molecule has 0 aromatic heterocycles. The van der Waals surface area contributed by atoms with Crippen LogP contribution in [0.2, 0.25) is 5.02 Å². The zero-order chi connectivity index (χ0) is 13.3. The Bertz CT molecular complexity index is 495. The molecule has 5 heteroatoms. The Hall–Kier alpha value is -0.250. The summed E-state index contributed by atoms with van der Waals surface area (Å²) in [6.45, 7) is 3.29. The van der Waals surface area contributed by atoms with Crippen molar-refractivity contribution in [1.29, 1.82) is 0 Å². The third-order valence-electron chi connectivity index (χ3n) is 3.01. The maximum Gasteiger partial charge on any atom is 0.154 e. The monoisotopic (exact) mass is 294 g/mol. The highest BCUT2D eigenvalue weighted by molar-refractivity contribution is 7.92. The van der Waals surface area contributed by atoms with Gasteiger partial charge in [0.15, 0.2) is 9.84 Å². The standard InChI is InChI=1S/C12H16Cl2O2S/c1-12(2,17(3,15)16)11(14)8-9-5-4-6-10(13)7-9/h4-7,11H,8H2,1-3H3. The molecule has 0 aliphatic rings. The van der Waals surface area contributed by atoms with Gasteiger partial charge in [0.2, 0.25) is 0 Å². The highest BCUT2D eigenvalue weighted by Gasteiger charge is 2.37. The number of sulfone groups is 1. The molecule has 0 bridgehead atoms. The molecule has 0 saturated heterocycles. The van der Waals surface area contributed by atoms with E-state index in [1.54, 1.807) is 26.0 Å². The van der Waals surface area contributed by atoms with Crippen LogP contribution in [0.5, 0.6) is 0 Å². The fourth-order valence-electron chi connectivity index (χ4n) is 1.35. The Morgan fingerprint density at radius 2 is 1.94 bits per heavy atom. The third-order valence-corrected chi connectivity index (χ3v) is 6.27. The summed E-state index contributed by atoms with van der Waals surface area (Å²) in [6.07, 6.45) is 1.68. The summed E-state index contributed by atoms with van der Waals surface area (Å²) in [5, 5.41) is 0.138. The van der Waals surface area contributed by atoms with Gasteiger partial charge >= 0.3 is 0 Å². The maximum absolute atomic E-state index is 11.6. The van der Waals surface area contributed by atoms with Crippen molar-refractivity contribution in [2.45, 2.75) is 30.4 Å². The topological polar surface area (TPSA) is 34.1 Å². The second-order valence-electron chi connectivity index (χ2n) is 4.68. The number of hydrogen-bond donors (Lipinski definition) is 0. The van der Waals surface area contributed by atoms with E-state index in [1.165, 1.54) is 6.26 Å². The lowest BCUT2D eigenvalue weighted by Gasteiger charge is -2.28. The van der Waals surface area contributed by atoms with E-state index >= 15 is 0 Å². The zero-order valence-corrected chi connectivity index (χ0v) is 12.4. The minimum Gasteiger partial charge on any atom is -0.229 e. The quantitative estimate of drug-likeness (QED) is 0.799. The lowest BCUT2D eigenvalue weighted by atomic mass is 10.0. The fraction of sp³-hybridized carbons (Fsp3) is 0.500. The smallest absolute Gasteiger partial charge is 0.154 e. The van der Waals surface area contributed by atoms with Crippen molar-refractivity contribution < 1.29 is 8.42 Å². The summed E-state index contributed by atoms with van der Waals surface area (Å²) >= 11 is 12.1. The molecule has 2 nitrogen and oxygen atoms in total. The van der Waals surface area contributed by atoms with E-state index in [1.807, 2.05) is 12.1 Å². The summed E-state index contributed by atoms with van der Waals surface area (Å²) in [6, 6.07) is 7.29. The molecule has 0 spiro atoms. The predicted octanol–water partition coefficient (Wildman–Crippen LogP) is 3.31. The SMILES string of the molecule is CC(C)(C(Cl)Cc1cccc(Cl)c1)S(C)(=O)=O. The van der Waals surface area contributed by atoms with Gasteiger partial charge in [-0.1, -0.05) is 23.7 Å². The van der Waals surface area contributed by atoms with Crippen LogP contribution in [0.15, 0.2) is 24.3 Å². The normalized spacial score (nSPS) is 14.6. The van der Waals surface area contributed by atoms with Gasteiger partial charge in [-0.15, -0.1) is 11.6 Å². The van der Waals surface area contributed by atoms with Gasteiger partial charge in [-0.3, -0.25) is 0 Å². The van der Waals surface area contributed by atoms with E-state index in [0.717, 1.165) is 5.56 Å². The Kier molecular flexibility index (Phi) is 4.50. The van der Waals surface area contributed by atoms with E-state index < -0.39 is 20.0 Å². The van der Waals surface area contributed by atoms with Crippen molar-refractivity contribution in [2.75, 3.05) is 6.26 Å². The molecule has 0 heterocycles. The lowest BCUT2D eigenvalue weighted by molar-refractivity contribution is 0.536. The number of hydrogen-bond acceptors (Lipinski definition) is 2. The largest absolute Gasteiger partial charge is 0.229 e. The summed E-state index contributed by atoms with van der Waals surface area (Å²) in [5.74, 6) is 0. The summed E-state index contributed by atoms with van der Waals surface area (Å²) < 4.78 is 22.3. The first kappa shape index (κ1) is 14.8. The van der Waals surface area contributed by atoms with Gasteiger partial charge in [-0.05, 0) is 38.0 Å². The number of alkyl halides is 1. The predicted molar refractivity (Wildman–Crippen MR) is 73.7 cm³/mol. The van der Waals surface area contributed by atoms with Crippen LogP contribution in [0.3, 0.4) is 0 Å². The van der Waals surface area contributed by atoms with Gasteiger partial charge < -0.3 is 0 Å². The Morgan fingerprint density at radius 3 is 2.41 bits per heavy atom. The number of halogens is 2. The molecule has 0 aliphatic carbocycles. The van der Waals surface area contributed by atoms with Crippen molar-refractivity contribution in [3.05, 3.63) is 34.9 Å². The van der Waals surface area contributed by atoms with Crippen LogP contribution in [0.1, 0.15) is 19.4 Å². The van der Waals surface area contributed by atoms with Crippen LogP contribution < -0.4 is 0 Å². The van der Waals surface area contributed by atoms with Crippen LogP contribution in [0.4, 0.5) is 0 Å². The second kappa shape index (κ2) is 5.17. The van der Waals surface area contributed by atoms with Crippen LogP contribution in [0, 0.1) is 0 Å². The first-order valence-electron chi connectivity index (χ1n) is 5.22. The van der Waals surface area contributed by atoms with E-state index in [0.29, 0.717) is 11.4 Å². The molecule has 1 aromatic carbocycles. The maximum atomic E-state index is 11.6. The molecular formula is C12H16Cl2O2S. The van der Waals surface area contributed by atoms with Gasteiger partial charge in [0.25, 0.3) is 0 Å². The average Bonchev–Trinajstić information content (AvgIpc) is 2.15. The minimum absolute atomic E-state index is 0.474. The number of benzene rings is 1. The molecule has 0 aliphatic heterocycles. The van der Waals surface area contributed by atoms with Crippen molar-refractivity contribution >= 4 is 33.0 Å². The van der Waals surface area contributed by atoms with E-state index in [9.17, 15) is 8.42 Å². The average molecular weight is 295 g/mol. The van der Waals surface area contributed by atoms with E-state index in [-0.39, 0.29) is 0 Å². The molecule has 0 radical (unpaired) electrons. The van der Waals surface area contributed by atoms with Crippen molar-refractivity contribution in [1.82, 2.24) is 0 Å².